The van der Waals surface area contributed by atoms with Crippen LogP contribution in [-0.4, -0.2) is 44.5 Å². The summed E-state index contributed by atoms with van der Waals surface area (Å²) in [5.41, 5.74) is 4.48. The summed E-state index contributed by atoms with van der Waals surface area (Å²) < 4.78 is 6.93. The molecule has 1 aliphatic carbocycles. The van der Waals surface area contributed by atoms with Gasteiger partial charge in [-0.25, -0.2) is 14.6 Å². The van der Waals surface area contributed by atoms with Gasteiger partial charge in [0.25, 0.3) is 5.91 Å². The third-order valence-corrected chi connectivity index (χ3v) is 6.07. The van der Waals surface area contributed by atoms with Crippen molar-refractivity contribution in [1.29, 1.82) is 0 Å². The number of nitrogens with one attached hydrogen (secondary N) is 1. The molecule has 0 spiro atoms. The predicted octanol–water partition coefficient (Wildman–Crippen LogP) is 3.99. The van der Waals surface area contributed by atoms with E-state index in [1.807, 2.05) is 56.5 Å². The molecule has 33 heavy (non-hydrogen) atoms. The first-order chi connectivity index (χ1) is 15.9. The van der Waals surface area contributed by atoms with Gasteiger partial charge in [-0.2, -0.15) is 5.10 Å². The van der Waals surface area contributed by atoms with Crippen LogP contribution in [0.2, 0.25) is 0 Å². The number of aryl methyl sites for hydroxylation is 2. The van der Waals surface area contributed by atoms with Crippen LogP contribution in [0.5, 0.6) is 0 Å². The van der Waals surface area contributed by atoms with Crippen LogP contribution in [0.1, 0.15) is 47.8 Å². The van der Waals surface area contributed by atoms with Gasteiger partial charge in [-0.15, -0.1) is 0 Å². The summed E-state index contributed by atoms with van der Waals surface area (Å²) in [5, 5.41) is 8.21. The molecule has 0 atom stereocenters. The normalized spacial score (nSPS) is 13.1. The van der Waals surface area contributed by atoms with Crippen molar-refractivity contribution in [3.05, 3.63) is 59.0 Å². The fourth-order valence-corrected chi connectivity index (χ4v) is 4.08. The zero-order chi connectivity index (χ0) is 23.4. The summed E-state index contributed by atoms with van der Waals surface area (Å²) in [6.07, 6.45) is 4.78. The van der Waals surface area contributed by atoms with Crippen LogP contribution >= 0.6 is 11.8 Å². The van der Waals surface area contributed by atoms with Gasteiger partial charge in [-0.05, 0) is 57.1 Å². The number of para-hydroxylation sites is 1. The van der Waals surface area contributed by atoms with Gasteiger partial charge in [0.1, 0.15) is 5.82 Å². The lowest BCUT2D eigenvalue weighted by Crippen LogP contribution is -2.22. The van der Waals surface area contributed by atoms with Gasteiger partial charge in [-0.3, -0.25) is 9.59 Å². The number of hydrogen-bond acceptors (Lipinski definition) is 7. The van der Waals surface area contributed by atoms with Crippen LogP contribution in [0.25, 0.3) is 5.69 Å². The van der Waals surface area contributed by atoms with Crippen molar-refractivity contribution >= 4 is 29.5 Å². The second-order valence-corrected chi connectivity index (χ2v) is 8.82. The topological polar surface area (TPSA) is 99.0 Å². The Morgan fingerprint density at radius 1 is 1.15 bits per heavy atom. The Bertz CT molecular complexity index is 1140. The maximum Gasteiger partial charge on any atom is 0.306 e. The Morgan fingerprint density at radius 3 is 2.48 bits per heavy atom. The smallest absolute Gasteiger partial charge is 0.306 e. The molecule has 1 fully saturated rings. The standard InChI is InChI=1S/C24H27N5O3S/c1-15-19(16(2)26-24(25-15)33-3)11-12-23(31)32-14-22(30)27-21-13-20(17-9-10-17)28-29(21)18-7-5-4-6-8-18/h4-8,13,17H,9-12,14H2,1-3H3,(H,27,30). The number of esters is 1. The molecule has 0 aliphatic heterocycles. The van der Waals surface area contributed by atoms with Gasteiger partial charge in [0.15, 0.2) is 11.8 Å². The van der Waals surface area contributed by atoms with E-state index < -0.39 is 11.9 Å². The summed E-state index contributed by atoms with van der Waals surface area (Å²) in [6, 6.07) is 11.5. The number of aromatic nitrogens is 4. The summed E-state index contributed by atoms with van der Waals surface area (Å²) in [5.74, 6) is 0.182. The van der Waals surface area contributed by atoms with E-state index in [1.54, 1.807) is 4.68 Å². The van der Waals surface area contributed by atoms with E-state index in [0.29, 0.717) is 23.3 Å². The minimum Gasteiger partial charge on any atom is -0.456 e. The van der Waals surface area contributed by atoms with E-state index in [0.717, 1.165) is 41.2 Å². The van der Waals surface area contributed by atoms with E-state index in [2.05, 4.69) is 20.4 Å². The van der Waals surface area contributed by atoms with Gasteiger partial charge >= 0.3 is 5.97 Å². The van der Waals surface area contributed by atoms with Gasteiger partial charge < -0.3 is 10.1 Å². The van der Waals surface area contributed by atoms with Gasteiger partial charge in [0.2, 0.25) is 0 Å². The fraction of sp³-hybridized carbons (Fsp3) is 0.375. The number of rotatable bonds is 9. The lowest BCUT2D eigenvalue weighted by molar-refractivity contribution is -0.147. The average molecular weight is 466 g/mol. The number of amides is 1. The Kier molecular flexibility index (Phi) is 7.08. The first-order valence-electron chi connectivity index (χ1n) is 10.9. The number of nitrogens with zero attached hydrogens (tertiary/aromatic N) is 4. The third-order valence-electron chi connectivity index (χ3n) is 5.52. The van der Waals surface area contributed by atoms with Crippen molar-refractivity contribution in [3.8, 4) is 5.69 Å². The molecule has 1 saturated carbocycles. The molecule has 0 radical (unpaired) electrons. The lowest BCUT2D eigenvalue weighted by atomic mass is 10.1. The SMILES string of the molecule is CSc1nc(C)c(CCC(=O)OCC(=O)Nc2cc(C3CC3)nn2-c2ccccc2)c(C)n1. The number of carbonyl (C=O) groups excluding carboxylic acids is 2. The number of carbonyl (C=O) groups is 2. The van der Waals surface area contributed by atoms with Gasteiger partial charge in [0, 0.05) is 29.8 Å². The molecule has 1 amide bonds. The molecule has 4 rings (SSSR count). The van der Waals surface area contributed by atoms with Gasteiger partial charge in [-0.1, -0.05) is 30.0 Å². The number of anilines is 1. The summed E-state index contributed by atoms with van der Waals surface area (Å²) in [4.78, 5) is 33.6. The molecule has 172 valence electrons. The minimum absolute atomic E-state index is 0.157. The van der Waals surface area contributed by atoms with Crippen molar-refractivity contribution in [2.75, 3.05) is 18.2 Å². The van der Waals surface area contributed by atoms with Crippen molar-refractivity contribution in [2.24, 2.45) is 0 Å². The molecule has 2 aromatic heterocycles. The summed E-state index contributed by atoms with van der Waals surface area (Å²) >= 11 is 1.48. The second-order valence-electron chi connectivity index (χ2n) is 8.04. The molecule has 3 aromatic rings. The summed E-state index contributed by atoms with van der Waals surface area (Å²) in [7, 11) is 0. The highest BCUT2D eigenvalue weighted by molar-refractivity contribution is 7.98. The maximum absolute atomic E-state index is 12.5. The fourth-order valence-electron chi connectivity index (χ4n) is 3.62. The van der Waals surface area contributed by atoms with Crippen LogP contribution in [0.3, 0.4) is 0 Å². The lowest BCUT2D eigenvalue weighted by Gasteiger charge is -2.11. The molecule has 8 nitrogen and oxygen atoms in total. The van der Waals surface area contributed by atoms with Crippen LogP contribution in [0.4, 0.5) is 5.82 Å². The minimum atomic E-state index is -0.437. The first kappa shape index (κ1) is 23.0. The second kappa shape index (κ2) is 10.2. The van der Waals surface area contributed by atoms with Crippen LogP contribution in [0.15, 0.2) is 41.6 Å². The monoisotopic (exact) mass is 465 g/mol. The molecule has 0 bridgehead atoms. The van der Waals surface area contributed by atoms with Crippen LogP contribution in [-0.2, 0) is 20.7 Å². The molecule has 1 aromatic carbocycles. The van der Waals surface area contributed by atoms with E-state index in [9.17, 15) is 9.59 Å². The average Bonchev–Trinajstić information content (AvgIpc) is 3.58. The Balaban J connectivity index is 1.33. The van der Waals surface area contributed by atoms with Crippen LogP contribution < -0.4 is 5.32 Å². The zero-order valence-electron chi connectivity index (χ0n) is 19.0. The largest absolute Gasteiger partial charge is 0.456 e. The molecular formula is C24H27N5O3S. The number of thioether (sulfide) groups is 1. The molecule has 1 aliphatic rings. The molecule has 0 saturated heterocycles. The van der Waals surface area contributed by atoms with Crippen LogP contribution in [0, 0.1) is 13.8 Å². The zero-order valence-corrected chi connectivity index (χ0v) is 19.8. The van der Waals surface area contributed by atoms with Crippen molar-refractivity contribution in [1.82, 2.24) is 19.7 Å². The van der Waals surface area contributed by atoms with Crippen molar-refractivity contribution < 1.29 is 14.3 Å². The van der Waals surface area contributed by atoms with E-state index in [4.69, 9.17) is 4.74 Å². The summed E-state index contributed by atoms with van der Waals surface area (Å²) in [6.45, 7) is 3.47. The van der Waals surface area contributed by atoms with Crippen molar-refractivity contribution in [3.63, 3.8) is 0 Å². The van der Waals surface area contributed by atoms with Crippen molar-refractivity contribution in [2.45, 2.75) is 50.6 Å². The van der Waals surface area contributed by atoms with E-state index in [1.165, 1.54) is 11.8 Å². The molecular weight excluding hydrogens is 438 g/mol. The molecule has 1 N–H and O–H groups in total. The Hall–Kier alpha value is -3.20. The Labute approximate surface area is 197 Å². The number of benzene rings is 1. The maximum atomic E-state index is 12.5. The molecule has 2 heterocycles. The predicted molar refractivity (Wildman–Crippen MR) is 127 cm³/mol. The highest BCUT2D eigenvalue weighted by Gasteiger charge is 2.28. The Morgan fingerprint density at radius 2 is 1.85 bits per heavy atom. The van der Waals surface area contributed by atoms with E-state index in [-0.39, 0.29) is 13.0 Å². The third kappa shape index (κ3) is 5.78. The highest BCUT2D eigenvalue weighted by atomic mass is 32.2. The van der Waals surface area contributed by atoms with E-state index >= 15 is 0 Å². The first-order valence-corrected chi connectivity index (χ1v) is 12.2. The molecule has 0 unspecified atom stereocenters. The number of hydrogen-bond donors (Lipinski definition) is 1. The highest BCUT2D eigenvalue weighted by Crippen LogP contribution is 2.40. The number of ether oxygens (including phenoxy) is 1. The van der Waals surface area contributed by atoms with Gasteiger partial charge in [0.05, 0.1) is 11.4 Å². The molecule has 9 heteroatoms. The quantitative estimate of drug-likeness (QED) is 0.290.